The van der Waals surface area contributed by atoms with Crippen LogP contribution in [-0.4, -0.2) is 10.5 Å². The Hall–Kier alpha value is -1.17. The van der Waals surface area contributed by atoms with E-state index >= 15 is 0 Å². The molecule has 0 fully saturated rings. The summed E-state index contributed by atoms with van der Waals surface area (Å²) in [6, 6.07) is 4.97. The van der Waals surface area contributed by atoms with Crippen LogP contribution in [-0.2, 0) is 7.05 Å². The van der Waals surface area contributed by atoms with Crippen LogP contribution < -0.4 is 11.1 Å². The van der Waals surface area contributed by atoms with E-state index in [1.54, 1.807) is 36.0 Å². The molecule has 0 unspecified atom stereocenters. The molecular weight excluding hydrogens is 353 g/mol. The highest BCUT2D eigenvalue weighted by Crippen LogP contribution is 2.36. The van der Waals surface area contributed by atoms with Gasteiger partial charge < -0.3 is 15.6 Å². The third-order valence-corrected chi connectivity index (χ3v) is 4.31. The molecule has 0 bridgehead atoms. The maximum Gasteiger partial charge on any atom is 0.272 e. The number of rotatable bonds is 2. The number of halogens is 3. The zero-order chi connectivity index (χ0) is 14.2. The molecule has 19 heavy (non-hydrogen) atoms. The van der Waals surface area contributed by atoms with Gasteiger partial charge in [-0.15, -0.1) is 0 Å². The van der Waals surface area contributed by atoms with Crippen molar-refractivity contribution >= 4 is 56.4 Å². The van der Waals surface area contributed by atoms with Crippen molar-refractivity contribution < 1.29 is 4.79 Å². The number of aromatic nitrogens is 1. The Morgan fingerprint density at radius 2 is 2.05 bits per heavy atom. The number of nitrogens with zero attached hydrogens (tertiary/aromatic N) is 1. The molecule has 0 radical (unpaired) electrons. The van der Waals surface area contributed by atoms with Gasteiger partial charge in [0.2, 0.25) is 0 Å². The lowest BCUT2D eigenvalue weighted by atomic mass is 10.3. The van der Waals surface area contributed by atoms with Crippen LogP contribution in [0.4, 0.5) is 11.4 Å². The largest absolute Gasteiger partial charge is 0.397 e. The summed E-state index contributed by atoms with van der Waals surface area (Å²) in [5.74, 6) is -0.306. The zero-order valence-electron chi connectivity index (χ0n) is 9.88. The number of anilines is 2. The van der Waals surface area contributed by atoms with Crippen LogP contribution in [0, 0.1) is 0 Å². The summed E-state index contributed by atoms with van der Waals surface area (Å²) >= 11 is 15.3. The number of nitrogens with one attached hydrogen (secondary N) is 1. The molecule has 1 aromatic carbocycles. The van der Waals surface area contributed by atoms with Crippen molar-refractivity contribution in [1.82, 2.24) is 4.57 Å². The van der Waals surface area contributed by atoms with Crippen LogP contribution >= 0.6 is 39.1 Å². The second-order valence-electron chi connectivity index (χ2n) is 3.95. The minimum absolute atomic E-state index is 0.284. The van der Waals surface area contributed by atoms with Crippen molar-refractivity contribution in [3.05, 3.63) is 44.6 Å². The van der Waals surface area contributed by atoms with Gasteiger partial charge in [0.15, 0.2) is 0 Å². The SMILES string of the molecule is Cn1cc(N)cc1C(=O)Nc1ccc(Br)c(Cl)c1Cl. The molecule has 100 valence electrons. The van der Waals surface area contributed by atoms with Crippen LogP contribution in [0.25, 0.3) is 0 Å². The van der Waals surface area contributed by atoms with Gasteiger partial charge in [0.1, 0.15) is 5.69 Å². The molecule has 0 aliphatic heterocycles. The number of nitrogens with two attached hydrogens (primary N) is 1. The van der Waals surface area contributed by atoms with Crippen LogP contribution in [0.2, 0.25) is 10.0 Å². The van der Waals surface area contributed by atoms with Gasteiger partial charge in [-0.05, 0) is 34.1 Å². The number of hydrogen-bond donors (Lipinski definition) is 2. The third-order valence-electron chi connectivity index (χ3n) is 2.54. The lowest BCUT2D eigenvalue weighted by Gasteiger charge is -2.09. The first-order valence-corrected chi connectivity index (χ1v) is 6.81. The molecule has 2 rings (SSSR count). The highest BCUT2D eigenvalue weighted by atomic mass is 79.9. The van der Waals surface area contributed by atoms with Crippen molar-refractivity contribution in [2.45, 2.75) is 0 Å². The van der Waals surface area contributed by atoms with E-state index in [-0.39, 0.29) is 10.9 Å². The van der Waals surface area contributed by atoms with E-state index in [0.717, 1.165) is 0 Å². The average Bonchev–Trinajstić information content (AvgIpc) is 2.69. The molecule has 1 aromatic heterocycles. The average molecular weight is 363 g/mol. The van der Waals surface area contributed by atoms with E-state index in [2.05, 4.69) is 21.2 Å². The second-order valence-corrected chi connectivity index (χ2v) is 5.56. The topological polar surface area (TPSA) is 60.0 Å². The molecule has 7 heteroatoms. The number of carbonyl (C=O) groups excluding carboxylic acids is 1. The van der Waals surface area contributed by atoms with Gasteiger partial charge in [-0.2, -0.15) is 0 Å². The van der Waals surface area contributed by atoms with E-state index in [0.29, 0.717) is 26.6 Å². The standard InChI is InChI=1S/C12H10BrCl2N3O/c1-18-5-6(16)4-9(18)12(19)17-8-3-2-7(13)10(14)11(8)15/h2-5H,16H2,1H3,(H,17,19). The summed E-state index contributed by atoms with van der Waals surface area (Å²) in [5.41, 5.74) is 7.03. The summed E-state index contributed by atoms with van der Waals surface area (Å²) in [5, 5.41) is 3.33. The molecule has 4 nitrogen and oxygen atoms in total. The van der Waals surface area contributed by atoms with Crippen molar-refractivity contribution in [1.29, 1.82) is 0 Å². The summed E-state index contributed by atoms with van der Waals surface area (Å²) in [6.07, 6.45) is 1.66. The van der Waals surface area contributed by atoms with E-state index in [4.69, 9.17) is 28.9 Å². The van der Waals surface area contributed by atoms with Crippen molar-refractivity contribution in [3.8, 4) is 0 Å². The minimum Gasteiger partial charge on any atom is -0.397 e. The quantitative estimate of drug-likeness (QED) is 0.795. The molecular formula is C12H10BrCl2N3O. The number of nitrogen functional groups attached to an aromatic ring is 1. The molecule has 0 aliphatic rings. The van der Waals surface area contributed by atoms with Gasteiger partial charge in [-0.3, -0.25) is 4.79 Å². The van der Waals surface area contributed by atoms with Crippen LogP contribution in [0.3, 0.4) is 0 Å². The predicted molar refractivity (Wildman–Crippen MR) is 81.9 cm³/mol. The number of benzene rings is 1. The maximum absolute atomic E-state index is 12.1. The number of aryl methyl sites for hydroxylation is 1. The van der Waals surface area contributed by atoms with Gasteiger partial charge in [0, 0.05) is 17.7 Å². The predicted octanol–water partition coefficient (Wildman–Crippen LogP) is 3.93. The number of amides is 1. The molecule has 1 heterocycles. The Labute approximate surface area is 128 Å². The highest BCUT2D eigenvalue weighted by molar-refractivity contribution is 9.10. The highest BCUT2D eigenvalue weighted by Gasteiger charge is 2.14. The van der Waals surface area contributed by atoms with Crippen molar-refractivity contribution in [2.75, 3.05) is 11.1 Å². The van der Waals surface area contributed by atoms with Crippen LogP contribution in [0.15, 0.2) is 28.9 Å². The van der Waals surface area contributed by atoms with Gasteiger partial charge in [0.25, 0.3) is 5.91 Å². The summed E-state index contributed by atoms with van der Waals surface area (Å²) in [7, 11) is 1.74. The fraction of sp³-hybridized carbons (Fsp3) is 0.0833. The van der Waals surface area contributed by atoms with Gasteiger partial charge in [0.05, 0.1) is 21.4 Å². The maximum atomic E-state index is 12.1. The van der Waals surface area contributed by atoms with Gasteiger partial charge in [-0.25, -0.2) is 0 Å². The monoisotopic (exact) mass is 361 g/mol. The van der Waals surface area contributed by atoms with Gasteiger partial charge in [-0.1, -0.05) is 23.2 Å². The lowest BCUT2D eigenvalue weighted by molar-refractivity contribution is 0.101. The molecule has 2 aromatic rings. The van der Waals surface area contributed by atoms with E-state index in [9.17, 15) is 4.79 Å². The van der Waals surface area contributed by atoms with Crippen LogP contribution in [0.5, 0.6) is 0 Å². The molecule has 0 aliphatic carbocycles. The summed E-state index contributed by atoms with van der Waals surface area (Å²) in [4.78, 5) is 12.1. The third kappa shape index (κ3) is 2.88. The molecule has 1 amide bonds. The van der Waals surface area contributed by atoms with E-state index in [1.807, 2.05) is 0 Å². The van der Waals surface area contributed by atoms with Crippen molar-refractivity contribution in [2.24, 2.45) is 7.05 Å². The number of carbonyl (C=O) groups is 1. The Balaban J connectivity index is 2.29. The first-order valence-electron chi connectivity index (χ1n) is 5.27. The smallest absolute Gasteiger partial charge is 0.272 e. The Bertz CT molecular complexity index is 655. The summed E-state index contributed by atoms with van der Waals surface area (Å²) < 4.78 is 2.30. The lowest BCUT2D eigenvalue weighted by Crippen LogP contribution is -2.15. The Morgan fingerprint density at radius 3 is 2.63 bits per heavy atom. The molecule has 0 spiro atoms. The van der Waals surface area contributed by atoms with Crippen LogP contribution in [0.1, 0.15) is 10.5 Å². The fourth-order valence-corrected chi connectivity index (χ4v) is 2.45. The Kier molecular flexibility index (Phi) is 4.08. The fourth-order valence-electron chi connectivity index (χ4n) is 1.62. The first-order chi connectivity index (χ1) is 8.90. The van der Waals surface area contributed by atoms with E-state index in [1.165, 1.54) is 0 Å². The summed E-state index contributed by atoms with van der Waals surface area (Å²) in [6.45, 7) is 0. The molecule has 0 atom stereocenters. The molecule has 0 saturated heterocycles. The molecule has 0 saturated carbocycles. The van der Waals surface area contributed by atoms with E-state index < -0.39 is 0 Å². The molecule has 3 N–H and O–H groups in total. The zero-order valence-corrected chi connectivity index (χ0v) is 13.0. The first kappa shape index (κ1) is 14.2. The Morgan fingerprint density at radius 1 is 1.37 bits per heavy atom. The van der Waals surface area contributed by atoms with Gasteiger partial charge >= 0.3 is 0 Å². The second kappa shape index (κ2) is 5.45. The van der Waals surface area contributed by atoms with Crippen molar-refractivity contribution in [3.63, 3.8) is 0 Å². The minimum atomic E-state index is -0.306. The normalized spacial score (nSPS) is 10.5. The number of hydrogen-bond acceptors (Lipinski definition) is 2.